The molecular formula is C18H16Cl2N2O2. The van der Waals surface area contributed by atoms with Crippen molar-refractivity contribution in [2.24, 2.45) is 5.92 Å². The largest absolute Gasteiger partial charge is 0.326 e. The molecule has 6 heteroatoms. The normalized spacial score (nSPS) is 17.2. The Hall–Kier alpha value is -2.04. The van der Waals surface area contributed by atoms with E-state index in [1.807, 2.05) is 31.2 Å². The Balaban J connectivity index is 1.70. The smallest absolute Gasteiger partial charge is 0.229 e. The van der Waals surface area contributed by atoms with Crippen molar-refractivity contribution in [2.75, 3.05) is 16.8 Å². The van der Waals surface area contributed by atoms with Gasteiger partial charge in [-0.3, -0.25) is 9.59 Å². The van der Waals surface area contributed by atoms with Gasteiger partial charge in [0.05, 0.1) is 5.92 Å². The first kappa shape index (κ1) is 16.8. The van der Waals surface area contributed by atoms with Crippen molar-refractivity contribution in [3.63, 3.8) is 0 Å². The van der Waals surface area contributed by atoms with Crippen molar-refractivity contribution in [2.45, 2.75) is 13.3 Å². The maximum Gasteiger partial charge on any atom is 0.229 e. The summed E-state index contributed by atoms with van der Waals surface area (Å²) in [6, 6.07) is 12.5. The van der Waals surface area contributed by atoms with Crippen molar-refractivity contribution in [3.05, 3.63) is 58.1 Å². The fourth-order valence-corrected chi connectivity index (χ4v) is 3.25. The van der Waals surface area contributed by atoms with E-state index in [-0.39, 0.29) is 18.2 Å². The third-order valence-electron chi connectivity index (χ3n) is 3.97. The Bertz CT molecular complexity index is 770. The highest BCUT2D eigenvalue weighted by atomic mass is 35.5. The number of carbonyl (C=O) groups is 2. The molecule has 0 aliphatic carbocycles. The van der Waals surface area contributed by atoms with Crippen LogP contribution in [0.2, 0.25) is 10.0 Å². The van der Waals surface area contributed by atoms with E-state index in [9.17, 15) is 9.59 Å². The van der Waals surface area contributed by atoms with Crippen LogP contribution in [0.5, 0.6) is 0 Å². The highest BCUT2D eigenvalue weighted by Crippen LogP contribution is 2.27. The van der Waals surface area contributed by atoms with Crippen LogP contribution in [0.15, 0.2) is 42.5 Å². The summed E-state index contributed by atoms with van der Waals surface area (Å²) in [4.78, 5) is 26.3. The Morgan fingerprint density at radius 2 is 1.75 bits per heavy atom. The lowest BCUT2D eigenvalue weighted by atomic mass is 10.1. The molecule has 0 aromatic heterocycles. The summed E-state index contributed by atoms with van der Waals surface area (Å²) in [5.41, 5.74) is 2.46. The second kappa shape index (κ2) is 6.83. The van der Waals surface area contributed by atoms with Gasteiger partial charge in [0.15, 0.2) is 0 Å². The Morgan fingerprint density at radius 3 is 2.38 bits per heavy atom. The van der Waals surface area contributed by atoms with E-state index in [4.69, 9.17) is 23.2 Å². The number of nitrogens with zero attached hydrogens (tertiary/aromatic N) is 1. The van der Waals surface area contributed by atoms with E-state index in [0.29, 0.717) is 22.3 Å². The third-order valence-corrected chi connectivity index (χ3v) is 4.41. The summed E-state index contributed by atoms with van der Waals surface area (Å²) in [6.07, 6.45) is 0.188. The predicted molar refractivity (Wildman–Crippen MR) is 96.7 cm³/mol. The Kier molecular flexibility index (Phi) is 4.78. The lowest BCUT2D eigenvalue weighted by Crippen LogP contribution is -2.28. The third kappa shape index (κ3) is 3.71. The molecule has 1 atom stereocenters. The van der Waals surface area contributed by atoms with Crippen molar-refractivity contribution in [1.82, 2.24) is 0 Å². The van der Waals surface area contributed by atoms with Gasteiger partial charge in [-0.05, 0) is 37.3 Å². The monoisotopic (exact) mass is 362 g/mol. The topological polar surface area (TPSA) is 49.4 Å². The number of rotatable bonds is 3. The SMILES string of the molecule is Cc1ccc(N2C[C@H](C(=O)Nc3cc(Cl)cc(Cl)c3)CC2=O)cc1. The van der Waals surface area contributed by atoms with Crippen LogP contribution in [0.25, 0.3) is 0 Å². The summed E-state index contributed by atoms with van der Waals surface area (Å²) in [7, 11) is 0. The summed E-state index contributed by atoms with van der Waals surface area (Å²) < 4.78 is 0. The molecule has 2 aromatic rings. The average molecular weight is 363 g/mol. The summed E-state index contributed by atoms with van der Waals surface area (Å²) in [6.45, 7) is 2.35. The van der Waals surface area contributed by atoms with Crippen LogP contribution in [0.1, 0.15) is 12.0 Å². The van der Waals surface area contributed by atoms with Gasteiger partial charge in [-0.25, -0.2) is 0 Å². The van der Waals surface area contributed by atoms with Gasteiger partial charge in [0.1, 0.15) is 0 Å². The summed E-state index contributed by atoms with van der Waals surface area (Å²) >= 11 is 11.9. The van der Waals surface area contributed by atoms with Crippen molar-refractivity contribution < 1.29 is 9.59 Å². The zero-order valence-electron chi connectivity index (χ0n) is 13.1. The lowest BCUT2D eigenvalue weighted by molar-refractivity contribution is -0.122. The zero-order valence-corrected chi connectivity index (χ0v) is 14.6. The van der Waals surface area contributed by atoms with Gasteiger partial charge in [-0.1, -0.05) is 40.9 Å². The van der Waals surface area contributed by atoms with Gasteiger partial charge in [-0.2, -0.15) is 0 Å². The number of anilines is 2. The first-order valence-corrected chi connectivity index (χ1v) is 8.32. The van der Waals surface area contributed by atoms with E-state index in [2.05, 4.69) is 5.32 Å². The minimum Gasteiger partial charge on any atom is -0.326 e. The number of carbonyl (C=O) groups excluding carboxylic acids is 2. The molecule has 0 saturated carbocycles. The molecule has 1 heterocycles. The van der Waals surface area contributed by atoms with E-state index >= 15 is 0 Å². The molecule has 3 rings (SSSR count). The molecule has 2 amide bonds. The minimum absolute atomic E-state index is 0.0527. The molecular weight excluding hydrogens is 347 g/mol. The van der Waals surface area contributed by atoms with Crippen molar-refractivity contribution >= 4 is 46.4 Å². The number of amides is 2. The number of halogens is 2. The van der Waals surface area contributed by atoms with Crippen LogP contribution in [0, 0.1) is 12.8 Å². The standard InChI is InChI=1S/C18H16Cl2N2O2/c1-11-2-4-16(5-3-11)22-10-12(6-17(22)23)18(24)21-15-8-13(19)7-14(20)9-15/h2-5,7-9,12H,6,10H2,1H3,(H,21,24)/t12-/m1/s1. The maximum atomic E-state index is 12.4. The minimum atomic E-state index is -0.406. The zero-order chi connectivity index (χ0) is 17.3. The van der Waals surface area contributed by atoms with E-state index in [1.165, 1.54) is 0 Å². The average Bonchev–Trinajstić information content (AvgIpc) is 2.89. The Labute approximate surface area is 150 Å². The molecule has 0 unspecified atom stereocenters. The molecule has 1 aliphatic heterocycles. The van der Waals surface area contributed by atoms with Crippen LogP contribution in [-0.2, 0) is 9.59 Å². The summed E-state index contributed by atoms with van der Waals surface area (Å²) in [5.74, 6) is -0.670. The quantitative estimate of drug-likeness (QED) is 0.884. The van der Waals surface area contributed by atoms with Gasteiger partial charge in [0.25, 0.3) is 0 Å². The molecule has 2 aromatic carbocycles. The number of benzene rings is 2. The van der Waals surface area contributed by atoms with Gasteiger partial charge in [-0.15, -0.1) is 0 Å². The fourth-order valence-electron chi connectivity index (χ4n) is 2.73. The van der Waals surface area contributed by atoms with Crippen LogP contribution < -0.4 is 10.2 Å². The molecule has 1 fully saturated rings. The van der Waals surface area contributed by atoms with E-state index in [1.54, 1.807) is 23.1 Å². The molecule has 124 valence electrons. The lowest BCUT2D eigenvalue weighted by Gasteiger charge is -2.17. The van der Waals surface area contributed by atoms with Gasteiger partial charge < -0.3 is 10.2 Å². The van der Waals surface area contributed by atoms with Gasteiger partial charge >= 0.3 is 0 Å². The fraction of sp³-hybridized carbons (Fsp3) is 0.222. The molecule has 1 N–H and O–H groups in total. The molecule has 0 radical (unpaired) electrons. The van der Waals surface area contributed by atoms with Crippen LogP contribution in [0.3, 0.4) is 0 Å². The van der Waals surface area contributed by atoms with Crippen LogP contribution in [-0.4, -0.2) is 18.4 Å². The number of hydrogen-bond acceptors (Lipinski definition) is 2. The predicted octanol–water partition coefficient (Wildman–Crippen LogP) is 4.29. The highest BCUT2D eigenvalue weighted by Gasteiger charge is 2.35. The number of aryl methyl sites for hydroxylation is 1. The first-order chi connectivity index (χ1) is 11.4. The van der Waals surface area contributed by atoms with Crippen LogP contribution in [0.4, 0.5) is 11.4 Å². The Morgan fingerprint density at radius 1 is 1.12 bits per heavy atom. The highest BCUT2D eigenvalue weighted by molar-refractivity contribution is 6.35. The molecule has 24 heavy (non-hydrogen) atoms. The molecule has 1 saturated heterocycles. The number of nitrogens with one attached hydrogen (secondary N) is 1. The van der Waals surface area contributed by atoms with Crippen molar-refractivity contribution in [3.8, 4) is 0 Å². The first-order valence-electron chi connectivity index (χ1n) is 7.56. The van der Waals surface area contributed by atoms with E-state index in [0.717, 1.165) is 11.3 Å². The van der Waals surface area contributed by atoms with E-state index < -0.39 is 5.92 Å². The summed E-state index contributed by atoms with van der Waals surface area (Å²) in [5, 5.41) is 3.67. The number of hydrogen-bond donors (Lipinski definition) is 1. The molecule has 0 spiro atoms. The van der Waals surface area contributed by atoms with Crippen molar-refractivity contribution in [1.29, 1.82) is 0 Å². The molecule has 0 bridgehead atoms. The van der Waals surface area contributed by atoms with Gasteiger partial charge in [0, 0.05) is 34.4 Å². The second-order valence-electron chi connectivity index (χ2n) is 5.89. The van der Waals surface area contributed by atoms with Gasteiger partial charge in [0.2, 0.25) is 11.8 Å². The second-order valence-corrected chi connectivity index (χ2v) is 6.76. The van der Waals surface area contributed by atoms with Crippen LogP contribution >= 0.6 is 23.2 Å². The molecule has 1 aliphatic rings. The molecule has 4 nitrogen and oxygen atoms in total. The maximum absolute atomic E-state index is 12.4.